The Morgan fingerprint density at radius 1 is 1.16 bits per heavy atom. The van der Waals surface area contributed by atoms with Crippen LogP contribution in [0.2, 0.25) is 0 Å². The number of carbonyl (C=O) groups excluding carboxylic acids is 1. The molecule has 1 N–H and O–H groups in total. The highest BCUT2D eigenvalue weighted by Crippen LogP contribution is 2.47. The lowest BCUT2D eigenvalue weighted by Gasteiger charge is -2.21. The van der Waals surface area contributed by atoms with E-state index in [1.165, 1.54) is 23.5 Å². The van der Waals surface area contributed by atoms with Crippen LogP contribution >= 0.6 is 11.3 Å². The van der Waals surface area contributed by atoms with Gasteiger partial charge in [0.1, 0.15) is 28.1 Å². The monoisotopic (exact) mass is 440 g/mol. The summed E-state index contributed by atoms with van der Waals surface area (Å²) in [5.74, 6) is 0.832. The van der Waals surface area contributed by atoms with E-state index in [0.717, 1.165) is 25.7 Å². The number of amides is 1. The number of aryl methyl sites for hydroxylation is 1. The number of hydrogen-bond donors (Lipinski definition) is 1. The molecular weight excluding hydrogens is 419 g/mol. The zero-order chi connectivity index (χ0) is 21.4. The molecule has 160 valence electrons. The van der Waals surface area contributed by atoms with Crippen molar-refractivity contribution in [2.24, 2.45) is 0 Å². The fraction of sp³-hybridized carbons (Fsp3) is 0.304. The van der Waals surface area contributed by atoms with Crippen LogP contribution in [0.3, 0.4) is 0 Å². The summed E-state index contributed by atoms with van der Waals surface area (Å²) in [7, 11) is 0. The molecule has 1 aliphatic heterocycles. The number of ether oxygens (including phenoxy) is 3. The number of benzene rings is 2. The first kappa shape index (κ1) is 19.8. The first-order chi connectivity index (χ1) is 15.0. The lowest BCUT2D eigenvalue weighted by molar-refractivity contribution is -0.0716. The fourth-order valence-electron chi connectivity index (χ4n) is 3.88. The molecule has 0 radical (unpaired) electrons. The number of anilines is 1. The minimum absolute atomic E-state index is 0.205. The average molecular weight is 440 g/mol. The summed E-state index contributed by atoms with van der Waals surface area (Å²) in [6.45, 7) is 1.99. The Kier molecular flexibility index (Phi) is 5.02. The fourth-order valence-corrected chi connectivity index (χ4v) is 4.75. The third-order valence-corrected chi connectivity index (χ3v) is 6.51. The highest BCUT2D eigenvalue weighted by molar-refractivity contribution is 7.13. The summed E-state index contributed by atoms with van der Waals surface area (Å²) >= 11 is 1.27. The van der Waals surface area contributed by atoms with Gasteiger partial charge in [-0.3, -0.25) is 4.79 Å². The molecule has 31 heavy (non-hydrogen) atoms. The summed E-state index contributed by atoms with van der Waals surface area (Å²) in [5.41, 5.74) is 1.27. The Hall–Kier alpha value is -3.13. The van der Waals surface area contributed by atoms with Crippen LogP contribution in [0.4, 0.5) is 10.1 Å². The molecule has 2 aromatic carbocycles. The Labute approximate surface area is 183 Å². The van der Waals surface area contributed by atoms with Gasteiger partial charge in [-0.2, -0.15) is 0 Å². The number of thiazole rings is 1. The van der Waals surface area contributed by atoms with E-state index in [1.54, 1.807) is 25.1 Å². The van der Waals surface area contributed by atoms with Gasteiger partial charge in [0.2, 0.25) is 0 Å². The van der Waals surface area contributed by atoms with Crippen molar-refractivity contribution < 1.29 is 23.4 Å². The van der Waals surface area contributed by atoms with E-state index in [2.05, 4.69) is 10.3 Å². The third-order valence-electron chi connectivity index (χ3n) is 5.38. The van der Waals surface area contributed by atoms with Gasteiger partial charge in [0, 0.05) is 24.6 Å². The van der Waals surface area contributed by atoms with Gasteiger partial charge < -0.3 is 19.5 Å². The van der Waals surface area contributed by atoms with Crippen LogP contribution < -0.4 is 19.5 Å². The van der Waals surface area contributed by atoms with Crippen LogP contribution in [-0.2, 0) is 6.61 Å². The van der Waals surface area contributed by atoms with Gasteiger partial charge >= 0.3 is 0 Å². The van der Waals surface area contributed by atoms with Gasteiger partial charge in [0.05, 0.1) is 5.69 Å². The molecule has 0 unspecified atom stereocenters. The van der Waals surface area contributed by atoms with Gasteiger partial charge in [-0.1, -0.05) is 0 Å². The number of aromatic nitrogens is 1. The minimum Gasteiger partial charge on any atom is -0.486 e. The second-order valence-electron chi connectivity index (χ2n) is 7.70. The van der Waals surface area contributed by atoms with Crippen LogP contribution in [0.1, 0.15) is 46.1 Å². The Morgan fingerprint density at radius 3 is 2.68 bits per heavy atom. The van der Waals surface area contributed by atoms with Crippen molar-refractivity contribution in [1.82, 2.24) is 4.98 Å². The molecule has 6 nitrogen and oxygen atoms in total. The molecule has 0 atom stereocenters. The van der Waals surface area contributed by atoms with Crippen LogP contribution in [0.25, 0.3) is 0 Å². The number of hydrogen-bond acceptors (Lipinski definition) is 6. The quantitative estimate of drug-likeness (QED) is 0.570. The van der Waals surface area contributed by atoms with Crippen molar-refractivity contribution in [2.45, 2.75) is 45.0 Å². The molecule has 8 heteroatoms. The van der Waals surface area contributed by atoms with Crippen molar-refractivity contribution in [2.75, 3.05) is 5.32 Å². The summed E-state index contributed by atoms with van der Waals surface area (Å²) in [6.07, 6.45) is 3.95. The van der Waals surface area contributed by atoms with Crippen molar-refractivity contribution in [3.63, 3.8) is 0 Å². The molecule has 1 spiro atoms. The summed E-state index contributed by atoms with van der Waals surface area (Å²) in [6, 6.07) is 11.2. The lowest BCUT2D eigenvalue weighted by Crippen LogP contribution is -2.34. The van der Waals surface area contributed by atoms with Gasteiger partial charge in [-0.15, -0.1) is 11.3 Å². The Balaban J connectivity index is 1.24. The third kappa shape index (κ3) is 4.07. The standard InChI is InChI=1S/C23H21FN2O4S/c1-14-21(31-20(25-14)13-28-17-7-4-15(24)5-8-17)22(27)26-16-6-9-18-19(12-16)30-23(29-18)10-2-3-11-23/h4-9,12H,2-3,10-11,13H2,1H3,(H,26,27). The van der Waals surface area contributed by atoms with Gasteiger partial charge in [0.15, 0.2) is 11.5 Å². The van der Waals surface area contributed by atoms with Gasteiger partial charge in [-0.25, -0.2) is 9.37 Å². The van der Waals surface area contributed by atoms with Crippen molar-refractivity contribution >= 4 is 22.9 Å². The van der Waals surface area contributed by atoms with Crippen molar-refractivity contribution in [1.29, 1.82) is 0 Å². The molecule has 1 fully saturated rings. The molecule has 3 aromatic rings. The first-order valence-electron chi connectivity index (χ1n) is 10.2. The number of nitrogens with one attached hydrogen (secondary N) is 1. The predicted octanol–water partition coefficient (Wildman–Crippen LogP) is 5.46. The summed E-state index contributed by atoms with van der Waals surface area (Å²) in [5, 5.41) is 3.58. The summed E-state index contributed by atoms with van der Waals surface area (Å²) < 4.78 is 30.7. The van der Waals surface area contributed by atoms with Crippen molar-refractivity contribution in [3.8, 4) is 17.2 Å². The highest BCUT2D eigenvalue weighted by atomic mass is 32.1. The van der Waals surface area contributed by atoms with Gasteiger partial charge in [0.25, 0.3) is 11.7 Å². The number of carbonyl (C=O) groups is 1. The van der Waals surface area contributed by atoms with Crippen LogP contribution in [0.15, 0.2) is 42.5 Å². The van der Waals surface area contributed by atoms with E-state index in [9.17, 15) is 9.18 Å². The molecule has 1 amide bonds. The molecule has 0 saturated heterocycles. The maximum Gasteiger partial charge on any atom is 0.267 e. The molecule has 1 aromatic heterocycles. The molecule has 2 aliphatic rings. The molecule has 0 bridgehead atoms. The van der Waals surface area contributed by atoms with E-state index in [4.69, 9.17) is 14.2 Å². The predicted molar refractivity (Wildman–Crippen MR) is 114 cm³/mol. The zero-order valence-corrected chi connectivity index (χ0v) is 17.8. The molecule has 1 saturated carbocycles. The van der Waals surface area contributed by atoms with E-state index in [0.29, 0.717) is 38.5 Å². The number of fused-ring (bicyclic) bond motifs is 1. The topological polar surface area (TPSA) is 69.7 Å². The normalized spacial score (nSPS) is 15.9. The maximum atomic E-state index is 13.0. The SMILES string of the molecule is Cc1nc(COc2ccc(F)cc2)sc1C(=O)Nc1ccc2c(c1)OC1(CCCC1)O2. The largest absolute Gasteiger partial charge is 0.486 e. The van der Waals surface area contributed by atoms with E-state index < -0.39 is 5.79 Å². The highest BCUT2D eigenvalue weighted by Gasteiger charge is 2.44. The number of nitrogens with zero attached hydrogens (tertiary/aromatic N) is 1. The maximum absolute atomic E-state index is 13.0. The van der Waals surface area contributed by atoms with Crippen LogP contribution in [0.5, 0.6) is 17.2 Å². The summed E-state index contributed by atoms with van der Waals surface area (Å²) in [4.78, 5) is 17.8. The second kappa shape index (κ2) is 7.85. The van der Waals surface area contributed by atoms with E-state index in [-0.39, 0.29) is 18.3 Å². The van der Waals surface area contributed by atoms with E-state index >= 15 is 0 Å². The molecule has 5 rings (SSSR count). The van der Waals surface area contributed by atoms with E-state index in [1.807, 2.05) is 12.1 Å². The van der Waals surface area contributed by atoms with Crippen molar-refractivity contribution in [3.05, 3.63) is 63.9 Å². The number of rotatable bonds is 5. The molecule has 1 aliphatic carbocycles. The van der Waals surface area contributed by atoms with Crippen LogP contribution in [0, 0.1) is 12.7 Å². The zero-order valence-electron chi connectivity index (χ0n) is 16.9. The van der Waals surface area contributed by atoms with Gasteiger partial charge in [-0.05, 0) is 56.2 Å². The Morgan fingerprint density at radius 2 is 1.90 bits per heavy atom. The lowest BCUT2D eigenvalue weighted by atomic mass is 10.2. The molecule has 2 heterocycles. The number of halogens is 1. The Bertz CT molecular complexity index is 1120. The average Bonchev–Trinajstić information content (AvgIpc) is 3.46. The minimum atomic E-state index is -0.529. The second-order valence-corrected chi connectivity index (χ2v) is 8.79. The smallest absolute Gasteiger partial charge is 0.267 e. The molecular formula is C23H21FN2O4S. The first-order valence-corrected chi connectivity index (χ1v) is 11.0. The van der Waals surface area contributed by atoms with Crippen LogP contribution in [-0.4, -0.2) is 16.7 Å².